The van der Waals surface area contributed by atoms with Crippen molar-refractivity contribution in [3.8, 4) is 11.1 Å². The van der Waals surface area contributed by atoms with E-state index in [2.05, 4.69) is 28.4 Å². The summed E-state index contributed by atoms with van der Waals surface area (Å²) < 4.78 is 13.2. The minimum atomic E-state index is -0.248. The van der Waals surface area contributed by atoms with Gasteiger partial charge in [0, 0.05) is 24.6 Å². The molecule has 1 aliphatic carbocycles. The first kappa shape index (κ1) is 22.8. The van der Waals surface area contributed by atoms with Crippen molar-refractivity contribution in [1.82, 2.24) is 10.2 Å². The highest BCUT2D eigenvalue weighted by atomic mass is 19.1. The van der Waals surface area contributed by atoms with E-state index in [0.717, 1.165) is 30.5 Å². The Hall–Kier alpha value is -2.98. The van der Waals surface area contributed by atoms with Crippen molar-refractivity contribution in [3.05, 3.63) is 94.8 Å². The molecule has 0 radical (unpaired) electrons. The van der Waals surface area contributed by atoms with E-state index >= 15 is 0 Å². The van der Waals surface area contributed by atoms with E-state index in [4.69, 9.17) is 0 Å². The molecular formula is C30H33FN2O. The third kappa shape index (κ3) is 5.39. The van der Waals surface area contributed by atoms with E-state index < -0.39 is 0 Å². The Morgan fingerprint density at radius 3 is 2.32 bits per heavy atom. The number of benzene rings is 3. The van der Waals surface area contributed by atoms with Gasteiger partial charge in [-0.25, -0.2) is 4.39 Å². The zero-order chi connectivity index (χ0) is 23.3. The molecule has 2 aliphatic rings. The fourth-order valence-electron chi connectivity index (χ4n) is 5.43. The third-order valence-electron chi connectivity index (χ3n) is 7.33. The number of piperidine rings is 1. The lowest BCUT2D eigenvalue weighted by Gasteiger charge is -2.29. The number of carbonyl (C=O) groups excluding carboxylic acids is 1. The average Bonchev–Trinajstić information content (AvgIpc) is 2.88. The Balaban J connectivity index is 1.20. The maximum absolute atomic E-state index is 13.2. The molecule has 0 aromatic heterocycles. The summed E-state index contributed by atoms with van der Waals surface area (Å²) in [7, 11) is 0. The number of amides is 1. The summed E-state index contributed by atoms with van der Waals surface area (Å²) in [4.78, 5) is 15.4. The van der Waals surface area contributed by atoms with Crippen LogP contribution >= 0.6 is 0 Å². The zero-order valence-corrected chi connectivity index (χ0v) is 19.7. The molecule has 0 saturated carbocycles. The van der Waals surface area contributed by atoms with Gasteiger partial charge in [0.25, 0.3) is 5.91 Å². The highest BCUT2D eigenvalue weighted by Gasteiger charge is 2.22. The molecule has 0 spiro atoms. The van der Waals surface area contributed by atoms with Crippen LogP contribution in [0.4, 0.5) is 4.39 Å². The van der Waals surface area contributed by atoms with E-state index in [1.54, 1.807) is 12.1 Å². The van der Waals surface area contributed by atoms with Gasteiger partial charge >= 0.3 is 0 Å². The number of nitrogens with one attached hydrogen (secondary N) is 1. The highest BCUT2D eigenvalue weighted by Crippen LogP contribution is 2.32. The number of hydrogen-bond acceptors (Lipinski definition) is 2. The first-order valence-electron chi connectivity index (χ1n) is 12.6. The van der Waals surface area contributed by atoms with Crippen LogP contribution in [0.2, 0.25) is 0 Å². The molecule has 3 aromatic carbocycles. The predicted octanol–water partition coefficient (Wildman–Crippen LogP) is 6.33. The summed E-state index contributed by atoms with van der Waals surface area (Å²) in [5, 5.41) is 3.16. The lowest BCUT2D eigenvalue weighted by Crippen LogP contribution is -2.30. The first-order chi connectivity index (χ1) is 16.7. The molecule has 1 aliphatic heterocycles. The van der Waals surface area contributed by atoms with E-state index in [9.17, 15) is 9.18 Å². The minimum Gasteiger partial charge on any atom is -0.351 e. The van der Waals surface area contributed by atoms with E-state index in [1.807, 2.05) is 24.3 Å². The van der Waals surface area contributed by atoms with Crippen LogP contribution in [0.5, 0.6) is 0 Å². The Labute approximate surface area is 202 Å². The Morgan fingerprint density at radius 1 is 0.882 bits per heavy atom. The summed E-state index contributed by atoms with van der Waals surface area (Å²) in [5.41, 5.74) is 6.85. The van der Waals surface area contributed by atoms with Gasteiger partial charge in [-0.3, -0.25) is 9.69 Å². The zero-order valence-electron chi connectivity index (χ0n) is 19.7. The van der Waals surface area contributed by atoms with E-state index in [1.165, 1.54) is 67.6 Å². The minimum absolute atomic E-state index is 0.0421. The molecule has 1 saturated heterocycles. The maximum atomic E-state index is 13.2. The van der Waals surface area contributed by atoms with Crippen LogP contribution in [0.1, 0.15) is 65.1 Å². The van der Waals surface area contributed by atoms with Crippen molar-refractivity contribution in [1.29, 1.82) is 0 Å². The number of likely N-dealkylation sites (tertiary alicyclic amines) is 1. The average molecular weight is 457 g/mol. The van der Waals surface area contributed by atoms with Crippen LogP contribution in [-0.2, 0) is 13.0 Å². The third-order valence-corrected chi connectivity index (χ3v) is 7.33. The molecule has 1 amide bonds. The second-order valence-corrected chi connectivity index (χ2v) is 9.75. The van der Waals surface area contributed by atoms with Crippen LogP contribution < -0.4 is 5.32 Å². The van der Waals surface area contributed by atoms with Gasteiger partial charge in [0.05, 0.1) is 0 Å². The van der Waals surface area contributed by atoms with Crippen molar-refractivity contribution < 1.29 is 9.18 Å². The van der Waals surface area contributed by atoms with E-state index in [0.29, 0.717) is 18.0 Å². The van der Waals surface area contributed by atoms with Gasteiger partial charge in [0.1, 0.15) is 5.82 Å². The topological polar surface area (TPSA) is 32.3 Å². The quantitative estimate of drug-likeness (QED) is 0.470. The van der Waals surface area contributed by atoms with Crippen molar-refractivity contribution in [2.75, 3.05) is 19.6 Å². The largest absolute Gasteiger partial charge is 0.351 e. The van der Waals surface area contributed by atoms with Gasteiger partial charge in [-0.2, -0.15) is 0 Å². The van der Waals surface area contributed by atoms with Gasteiger partial charge in [0.2, 0.25) is 0 Å². The highest BCUT2D eigenvalue weighted by molar-refractivity contribution is 5.94. The van der Waals surface area contributed by atoms with Gasteiger partial charge in [0.15, 0.2) is 0 Å². The van der Waals surface area contributed by atoms with Gasteiger partial charge in [-0.05, 0) is 97.3 Å². The van der Waals surface area contributed by atoms with E-state index in [-0.39, 0.29) is 11.7 Å². The number of aryl methyl sites for hydroxylation is 1. The molecule has 34 heavy (non-hydrogen) atoms. The number of halogens is 1. The maximum Gasteiger partial charge on any atom is 0.251 e. The molecule has 1 N–H and O–H groups in total. The number of carbonyl (C=O) groups is 1. The summed E-state index contributed by atoms with van der Waals surface area (Å²) >= 11 is 0. The van der Waals surface area contributed by atoms with Crippen molar-refractivity contribution in [2.45, 2.75) is 51.0 Å². The molecule has 3 aromatic rings. The second-order valence-electron chi connectivity index (χ2n) is 9.75. The predicted molar refractivity (Wildman–Crippen MR) is 135 cm³/mol. The molecule has 5 rings (SSSR count). The molecule has 1 heterocycles. The van der Waals surface area contributed by atoms with Gasteiger partial charge in [-0.15, -0.1) is 0 Å². The van der Waals surface area contributed by atoms with Crippen LogP contribution in [0.15, 0.2) is 66.7 Å². The molecule has 4 heteroatoms. The fourth-order valence-corrected chi connectivity index (χ4v) is 5.43. The molecule has 3 nitrogen and oxygen atoms in total. The fraction of sp³-hybridized carbons (Fsp3) is 0.367. The van der Waals surface area contributed by atoms with Crippen molar-refractivity contribution >= 4 is 5.91 Å². The standard InChI is InChI=1S/C30H33FN2O/c31-28-14-12-24(13-15-28)23-8-10-25(11-9-23)30(34)32-20-27-6-4-5-26-19-22(7-16-29(26)27)21-33-17-2-1-3-18-33/h7-16,19,27H,1-6,17-18,20-21H2,(H,32,34). The Morgan fingerprint density at radius 2 is 1.59 bits per heavy atom. The Bertz CT molecular complexity index is 1120. The number of nitrogens with zero attached hydrogens (tertiary/aromatic N) is 1. The summed E-state index contributed by atoms with van der Waals surface area (Å²) in [6, 6.07) is 20.9. The van der Waals surface area contributed by atoms with Crippen molar-refractivity contribution in [3.63, 3.8) is 0 Å². The normalized spacial score (nSPS) is 18.3. The molecule has 176 valence electrons. The lowest BCUT2D eigenvalue weighted by atomic mass is 9.82. The van der Waals surface area contributed by atoms with Gasteiger partial charge in [-0.1, -0.05) is 48.9 Å². The number of hydrogen-bond donors (Lipinski definition) is 1. The second kappa shape index (κ2) is 10.5. The first-order valence-corrected chi connectivity index (χ1v) is 12.6. The number of rotatable bonds is 6. The monoisotopic (exact) mass is 456 g/mol. The molecule has 1 unspecified atom stereocenters. The summed E-state index contributed by atoms with van der Waals surface area (Å²) in [6.45, 7) is 4.16. The molecule has 1 fully saturated rings. The smallest absolute Gasteiger partial charge is 0.251 e. The molecule has 1 atom stereocenters. The van der Waals surface area contributed by atoms with Crippen LogP contribution in [0.25, 0.3) is 11.1 Å². The molecular weight excluding hydrogens is 423 g/mol. The van der Waals surface area contributed by atoms with Crippen LogP contribution in [0, 0.1) is 5.82 Å². The van der Waals surface area contributed by atoms with Gasteiger partial charge < -0.3 is 5.32 Å². The SMILES string of the molecule is O=C(NCC1CCCc2cc(CN3CCCCC3)ccc21)c1ccc(-c2ccc(F)cc2)cc1. The van der Waals surface area contributed by atoms with Crippen LogP contribution in [0.3, 0.4) is 0 Å². The number of fused-ring (bicyclic) bond motifs is 1. The summed E-state index contributed by atoms with van der Waals surface area (Å²) in [5.74, 6) is 0.0805. The Kier molecular flexibility index (Phi) is 7.05. The summed E-state index contributed by atoms with van der Waals surface area (Å²) in [6.07, 6.45) is 7.43. The van der Waals surface area contributed by atoms with Crippen molar-refractivity contribution in [2.24, 2.45) is 0 Å². The molecule has 0 bridgehead atoms. The van der Waals surface area contributed by atoms with Crippen LogP contribution in [-0.4, -0.2) is 30.4 Å². The lowest BCUT2D eigenvalue weighted by molar-refractivity contribution is 0.0950.